The van der Waals surface area contributed by atoms with Crippen LogP contribution in [0.5, 0.6) is 0 Å². The first-order valence-corrected chi connectivity index (χ1v) is 7.36. The van der Waals surface area contributed by atoms with E-state index in [0.29, 0.717) is 18.4 Å². The van der Waals surface area contributed by atoms with Crippen molar-refractivity contribution in [1.82, 2.24) is 15.1 Å². The third kappa shape index (κ3) is 3.41. The Morgan fingerprint density at radius 3 is 2.94 bits per heavy atom. The minimum absolute atomic E-state index is 0.550. The number of piperidine rings is 1. The number of rotatable bonds is 3. The lowest BCUT2D eigenvalue weighted by molar-refractivity contribution is 0.270. The second kappa shape index (κ2) is 6.13. The summed E-state index contributed by atoms with van der Waals surface area (Å²) in [5.41, 5.74) is 6.03. The fourth-order valence-electron chi connectivity index (χ4n) is 2.14. The Bertz CT molecular complexity index is 414. The van der Waals surface area contributed by atoms with Gasteiger partial charge in [0.2, 0.25) is 0 Å². The molecule has 1 unspecified atom stereocenters. The van der Waals surface area contributed by atoms with Crippen LogP contribution in [0.25, 0.3) is 0 Å². The highest BCUT2D eigenvalue weighted by Gasteiger charge is 2.17. The largest absolute Gasteiger partial charge is 0.370 e. The number of aliphatic imine (C=N–C) groups is 1. The molecule has 0 bridgehead atoms. The fraction of sp³-hybridized carbons (Fsp3) is 0.750. The van der Waals surface area contributed by atoms with Gasteiger partial charge in [0.25, 0.3) is 0 Å². The van der Waals surface area contributed by atoms with Crippen molar-refractivity contribution in [3.05, 3.63) is 10.0 Å². The maximum Gasteiger partial charge on any atom is 0.191 e. The summed E-state index contributed by atoms with van der Waals surface area (Å²) < 4.78 is 0. The molecule has 0 saturated carbocycles. The van der Waals surface area contributed by atoms with Crippen molar-refractivity contribution in [3.63, 3.8) is 0 Å². The van der Waals surface area contributed by atoms with Gasteiger partial charge in [0.1, 0.15) is 10.0 Å². The Balaban J connectivity index is 1.91. The molecule has 2 N–H and O–H groups in total. The molecule has 5 nitrogen and oxygen atoms in total. The average molecular weight is 267 g/mol. The van der Waals surface area contributed by atoms with E-state index in [9.17, 15) is 0 Å². The van der Waals surface area contributed by atoms with E-state index in [1.807, 2.05) is 0 Å². The van der Waals surface area contributed by atoms with Crippen molar-refractivity contribution in [2.75, 3.05) is 13.1 Å². The molecule has 1 aliphatic heterocycles. The molecular formula is C12H21N5S. The minimum Gasteiger partial charge on any atom is -0.370 e. The molecule has 1 aliphatic rings. The molecular weight excluding hydrogens is 246 g/mol. The standard InChI is InChI=1S/C12H21N5S/c1-3-10-15-16-11(18-10)7-14-12(13)17-6-4-5-9(2)8-17/h9H,3-8H2,1-2H3,(H2,13,14). The van der Waals surface area contributed by atoms with Crippen LogP contribution in [0.15, 0.2) is 4.99 Å². The first kappa shape index (κ1) is 13.3. The Labute approximate surface area is 112 Å². The first-order valence-electron chi connectivity index (χ1n) is 6.55. The first-order chi connectivity index (χ1) is 8.69. The SMILES string of the molecule is CCc1nnc(CN=C(N)N2CCCC(C)C2)s1. The highest BCUT2D eigenvalue weighted by Crippen LogP contribution is 2.15. The molecule has 0 aliphatic carbocycles. The molecule has 1 saturated heterocycles. The summed E-state index contributed by atoms with van der Waals surface area (Å²) in [5.74, 6) is 1.36. The van der Waals surface area contributed by atoms with Gasteiger partial charge >= 0.3 is 0 Å². The summed E-state index contributed by atoms with van der Waals surface area (Å²) in [6.45, 7) is 6.94. The molecule has 1 aromatic rings. The van der Waals surface area contributed by atoms with Crippen molar-refractivity contribution in [2.24, 2.45) is 16.6 Å². The summed E-state index contributed by atoms with van der Waals surface area (Å²) in [4.78, 5) is 6.60. The number of nitrogens with two attached hydrogens (primary N) is 1. The molecule has 100 valence electrons. The molecule has 0 radical (unpaired) electrons. The lowest BCUT2D eigenvalue weighted by Gasteiger charge is -2.31. The van der Waals surface area contributed by atoms with E-state index in [-0.39, 0.29) is 0 Å². The second-order valence-electron chi connectivity index (χ2n) is 4.81. The van der Waals surface area contributed by atoms with Gasteiger partial charge in [-0.25, -0.2) is 4.99 Å². The lowest BCUT2D eigenvalue weighted by atomic mass is 10.0. The van der Waals surface area contributed by atoms with Crippen LogP contribution in [0.3, 0.4) is 0 Å². The summed E-state index contributed by atoms with van der Waals surface area (Å²) in [5, 5.41) is 10.2. The van der Waals surface area contributed by atoms with Gasteiger partial charge in [0.05, 0.1) is 6.54 Å². The van der Waals surface area contributed by atoms with Gasteiger partial charge in [-0.15, -0.1) is 10.2 Å². The van der Waals surface area contributed by atoms with Crippen molar-refractivity contribution < 1.29 is 0 Å². The van der Waals surface area contributed by atoms with Crippen molar-refractivity contribution in [1.29, 1.82) is 0 Å². The number of hydrogen-bond acceptors (Lipinski definition) is 4. The third-order valence-electron chi connectivity index (χ3n) is 3.17. The molecule has 0 amide bonds. The highest BCUT2D eigenvalue weighted by atomic mass is 32.1. The van der Waals surface area contributed by atoms with Crippen LogP contribution in [0.2, 0.25) is 0 Å². The Kier molecular flexibility index (Phi) is 4.52. The van der Waals surface area contributed by atoms with Crippen molar-refractivity contribution in [3.8, 4) is 0 Å². The molecule has 2 heterocycles. The maximum absolute atomic E-state index is 6.03. The quantitative estimate of drug-likeness (QED) is 0.668. The minimum atomic E-state index is 0.550. The predicted octanol–water partition coefficient (Wildman–Crippen LogP) is 1.65. The number of likely N-dealkylation sites (tertiary alicyclic amines) is 1. The monoisotopic (exact) mass is 267 g/mol. The molecule has 1 fully saturated rings. The fourth-order valence-corrected chi connectivity index (χ4v) is 2.85. The van der Waals surface area contributed by atoms with E-state index >= 15 is 0 Å². The summed E-state index contributed by atoms with van der Waals surface area (Å²) in [7, 11) is 0. The van der Waals surface area contributed by atoms with Crippen LogP contribution in [-0.4, -0.2) is 34.1 Å². The molecule has 0 aromatic carbocycles. The molecule has 0 spiro atoms. The Morgan fingerprint density at radius 1 is 1.50 bits per heavy atom. The second-order valence-corrected chi connectivity index (χ2v) is 5.96. The summed E-state index contributed by atoms with van der Waals surface area (Å²) in [6.07, 6.45) is 3.43. The van der Waals surface area contributed by atoms with Crippen LogP contribution in [-0.2, 0) is 13.0 Å². The summed E-state index contributed by atoms with van der Waals surface area (Å²) >= 11 is 1.62. The normalized spacial score (nSPS) is 21.3. The molecule has 6 heteroatoms. The zero-order valence-corrected chi connectivity index (χ0v) is 11.9. The third-order valence-corrected chi connectivity index (χ3v) is 4.22. The van der Waals surface area contributed by atoms with Crippen LogP contribution in [0, 0.1) is 5.92 Å². The van der Waals surface area contributed by atoms with E-state index in [4.69, 9.17) is 5.73 Å². The van der Waals surface area contributed by atoms with E-state index in [2.05, 4.69) is 33.9 Å². The molecule has 18 heavy (non-hydrogen) atoms. The van der Waals surface area contributed by atoms with Crippen LogP contribution in [0.4, 0.5) is 0 Å². The van der Waals surface area contributed by atoms with Gasteiger partial charge in [-0.3, -0.25) is 0 Å². The van der Waals surface area contributed by atoms with Gasteiger partial charge in [-0.2, -0.15) is 0 Å². The lowest BCUT2D eigenvalue weighted by Crippen LogP contribution is -2.43. The van der Waals surface area contributed by atoms with Crippen LogP contribution < -0.4 is 5.73 Å². The van der Waals surface area contributed by atoms with Crippen LogP contribution >= 0.6 is 11.3 Å². The zero-order valence-electron chi connectivity index (χ0n) is 11.1. The zero-order chi connectivity index (χ0) is 13.0. The van der Waals surface area contributed by atoms with E-state index < -0.39 is 0 Å². The van der Waals surface area contributed by atoms with Gasteiger partial charge in [-0.1, -0.05) is 25.2 Å². The maximum atomic E-state index is 6.03. The molecule has 1 atom stereocenters. The number of aryl methyl sites for hydroxylation is 1. The Hall–Kier alpha value is -1.17. The topological polar surface area (TPSA) is 67.4 Å². The van der Waals surface area contributed by atoms with Crippen LogP contribution in [0.1, 0.15) is 36.7 Å². The number of hydrogen-bond donors (Lipinski definition) is 1. The number of nitrogens with zero attached hydrogens (tertiary/aromatic N) is 4. The van der Waals surface area contributed by atoms with E-state index in [1.54, 1.807) is 11.3 Å². The smallest absolute Gasteiger partial charge is 0.191 e. The van der Waals surface area contributed by atoms with Crippen molar-refractivity contribution in [2.45, 2.75) is 39.7 Å². The van der Waals surface area contributed by atoms with Gasteiger partial charge in [-0.05, 0) is 25.2 Å². The molecule has 1 aromatic heterocycles. The van der Waals surface area contributed by atoms with E-state index in [1.165, 1.54) is 12.8 Å². The highest BCUT2D eigenvalue weighted by molar-refractivity contribution is 7.11. The van der Waals surface area contributed by atoms with Crippen molar-refractivity contribution >= 4 is 17.3 Å². The predicted molar refractivity (Wildman–Crippen MR) is 74.6 cm³/mol. The van der Waals surface area contributed by atoms with E-state index in [0.717, 1.165) is 29.5 Å². The van der Waals surface area contributed by atoms with Gasteiger partial charge in [0, 0.05) is 13.1 Å². The average Bonchev–Trinajstić information content (AvgIpc) is 2.84. The molecule has 2 rings (SSSR count). The van der Waals surface area contributed by atoms with Gasteiger partial charge in [0.15, 0.2) is 5.96 Å². The summed E-state index contributed by atoms with van der Waals surface area (Å²) in [6, 6.07) is 0. The number of aromatic nitrogens is 2. The number of guanidine groups is 1. The Morgan fingerprint density at radius 2 is 2.28 bits per heavy atom. The van der Waals surface area contributed by atoms with Gasteiger partial charge < -0.3 is 10.6 Å².